The number of thioether (sulfide) groups is 1. The van der Waals surface area contributed by atoms with E-state index in [-0.39, 0.29) is 17.4 Å². The predicted octanol–water partition coefficient (Wildman–Crippen LogP) is 2.76. The van der Waals surface area contributed by atoms with Crippen LogP contribution in [0, 0.1) is 22.7 Å². The van der Waals surface area contributed by atoms with Gasteiger partial charge in [0.05, 0.1) is 28.4 Å². The second kappa shape index (κ2) is 7.97. The third-order valence-corrected chi connectivity index (χ3v) is 6.40. The summed E-state index contributed by atoms with van der Waals surface area (Å²) >= 11 is 1.20. The molecular formula is C20H22N4O2S. The maximum absolute atomic E-state index is 12.4. The molecule has 6 nitrogen and oxygen atoms in total. The fourth-order valence-corrected chi connectivity index (χ4v) is 5.24. The summed E-state index contributed by atoms with van der Waals surface area (Å²) in [6, 6.07) is 11.1. The van der Waals surface area contributed by atoms with Crippen molar-refractivity contribution in [3.05, 3.63) is 47.3 Å². The van der Waals surface area contributed by atoms with E-state index in [0.717, 1.165) is 19.3 Å². The molecule has 1 saturated carbocycles. The number of ketones is 1. The second-order valence-electron chi connectivity index (χ2n) is 6.95. The van der Waals surface area contributed by atoms with Crippen molar-refractivity contribution in [1.29, 1.82) is 5.26 Å². The third kappa shape index (κ3) is 3.62. The number of carbonyl (C=O) groups excluding carboxylic acids is 2. The van der Waals surface area contributed by atoms with Crippen molar-refractivity contribution >= 4 is 28.5 Å². The summed E-state index contributed by atoms with van der Waals surface area (Å²) in [5.74, 6) is -1.01. The van der Waals surface area contributed by atoms with Gasteiger partial charge in [-0.1, -0.05) is 49.6 Å². The minimum Gasteiger partial charge on any atom is -0.383 e. The van der Waals surface area contributed by atoms with Crippen molar-refractivity contribution in [3.8, 4) is 6.07 Å². The van der Waals surface area contributed by atoms with Crippen LogP contribution in [0.5, 0.6) is 0 Å². The van der Waals surface area contributed by atoms with Crippen molar-refractivity contribution < 1.29 is 9.59 Å². The number of primary amides is 1. The number of hydrogen-bond acceptors (Lipinski definition) is 6. The zero-order valence-electron chi connectivity index (χ0n) is 15.0. The molecule has 1 heterocycles. The van der Waals surface area contributed by atoms with Crippen LogP contribution in [0.3, 0.4) is 0 Å². The van der Waals surface area contributed by atoms with Gasteiger partial charge in [0, 0.05) is 11.0 Å². The van der Waals surface area contributed by atoms with Crippen LogP contribution in [0.15, 0.2) is 46.7 Å². The molecule has 1 amide bonds. The molecule has 0 unspecified atom stereocenters. The van der Waals surface area contributed by atoms with Crippen molar-refractivity contribution in [2.45, 2.75) is 32.1 Å². The average Bonchev–Trinajstić information content (AvgIpc) is 2.67. The van der Waals surface area contributed by atoms with E-state index in [1.807, 2.05) is 6.07 Å². The van der Waals surface area contributed by atoms with Crippen LogP contribution in [0.25, 0.3) is 0 Å². The summed E-state index contributed by atoms with van der Waals surface area (Å²) < 4.78 is 0. The first kappa shape index (κ1) is 19.2. The van der Waals surface area contributed by atoms with Gasteiger partial charge in [-0.25, -0.2) is 4.99 Å². The lowest BCUT2D eigenvalue weighted by atomic mass is 9.61. The molecule has 3 rings (SSSR count). The molecule has 140 valence electrons. The lowest BCUT2D eigenvalue weighted by molar-refractivity contribution is -0.123. The molecule has 1 aliphatic carbocycles. The highest BCUT2D eigenvalue weighted by molar-refractivity contribution is 8.14. The molecule has 0 radical (unpaired) electrons. The summed E-state index contributed by atoms with van der Waals surface area (Å²) in [4.78, 5) is 29.2. The Kier molecular flexibility index (Phi) is 5.66. The Morgan fingerprint density at radius 1 is 1.22 bits per heavy atom. The summed E-state index contributed by atoms with van der Waals surface area (Å²) in [6.07, 6.45) is 4.22. The summed E-state index contributed by atoms with van der Waals surface area (Å²) in [5, 5.41) is 10.1. The van der Waals surface area contributed by atoms with Gasteiger partial charge in [-0.3, -0.25) is 9.59 Å². The van der Waals surface area contributed by atoms with Crippen molar-refractivity contribution in [3.63, 3.8) is 0 Å². The van der Waals surface area contributed by atoms with E-state index in [4.69, 9.17) is 11.5 Å². The van der Waals surface area contributed by atoms with Crippen molar-refractivity contribution in [2.24, 2.45) is 27.8 Å². The van der Waals surface area contributed by atoms with Crippen LogP contribution in [0.4, 0.5) is 0 Å². The van der Waals surface area contributed by atoms with Gasteiger partial charge in [-0.05, 0) is 12.8 Å². The van der Waals surface area contributed by atoms with Gasteiger partial charge in [-0.2, -0.15) is 5.26 Å². The smallest absolute Gasteiger partial charge is 0.228 e. The SMILES string of the molecule is N#CC1=C(N)N=C(SCC(=O)c2ccccc2)[C@H](C(N)=O)C12CCCCC2. The molecule has 4 N–H and O–H groups in total. The number of allylic oxidation sites excluding steroid dienone is 1. The van der Waals surface area contributed by atoms with E-state index in [1.54, 1.807) is 24.3 Å². The van der Waals surface area contributed by atoms with Crippen LogP contribution in [-0.4, -0.2) is 22.5 Å². The number of rotatable bonds is 4. The van der Waals surface area contributed by atoms with Gasteiger partial charge >= 0.3 is 0 Å². The van der Waals surface area contributed by atoms with Gasteiger partial charge < -0.3 is 11.5 Å². The van der Waals surface area contributed by atoms with Gasteiger partial charge in [0.25, 0.3) is 0 Å². The highest BCUT2D eigenvalue weighted by Gasteiger charge is 2.51. The van der Waals surface area contributed by atoms with Gasteiger partial charge in [0.1, 0.15) is 5.82 Å². The predicted molar refractivity (Wildman–Crippen MR) is 106 cm³/mol. The van der Waals surface area contributed by atoms with Crippen molar-refractivity contribution in [1.82, 2.24) is 0 Å². The van der Waals surface area contributed by atoms with Crippen molar-refractivity contribution in [2.75, 3.05) is 5.75 Å². The van der Waals surface area contributed by atoms with Gasteiger partial charge in [-0.15, -0.1) is 11.8 Å². The molecule has 1 aromatic rings. The molecule has 7 heteroatoms. The molecule has 1 fully saturated rings. The fraction of sp³-hybridized carbons (Fsp3) is 0.400. The quantitative estimate of drug-likeness (QED) is 0.775. The average molecular weight is 382 g/mol. The molecule has 1 atom stereocenters. The normalized spacial score (nSPS) is 21.4. The summed E-state index contributed by atoms with van der Waals surface area (Å²) in [5.41, 5.74) is 12.1. The molecule has 1 aromatic carbocycles. The molecular weight excluding hydrogens is 360 g/mol. The Morgan fingerprint density at radius 2 is 1.89 bits per heavy atom. The molecule has 0 saturated heterocycles. The van der Waals surface area contributed by atoms with E-state index in [2.05, 4.69) is 11.1 Å². The maximum atomic E-state index is 12.4. The number of nitrogens with two attached hydrogens (primary N) is 2. The molecule has 27 heavy (non-hydrogen) atoms. The number of nitrogens with zero attached hydrogens (tertiary/aromatic N) is 2. The minimum absolute atomic E-state index is 0.0576. The van der Waals surface area contributed by atoms with E-state index < -0.39 is 17.2 Å². The van der Waals surface area contributed by atoms with Crippen LogP contribution in [-0.2, 0) is 4.79 Å². The number of nitriles is 1. The number of carbonyl (C=O) groups is 2. The highest BCUT2D eigenvalue weighted by atomic mass is 32.2. The Hall–Kier alpha value is -2.59. The summed E-state index contributed by atoms with van der Waals surface area (Å²) in [7, 11) is 0. The van der Waals surface area contributed by atoms with E-state index >= 15 is 0 Å². The van der Waals surface area contributed by atoms with E-state index in [1.165, 1.54) is 11.8 Å². The monoisotopic (exact) mass is 382 g/mol. The topological polar surface area (TPSA) is 122 Å². The van der Waals surface area contributed by atoms with E-state index in [0.29, 0.717) is 29.0 Å². The first-order valence-corrected chi connectivity index (χ1v) is 9.97. The first-order chi connectivity index (χ1) is 13.0. The lowest BCUT2D eigenvalue weighted by Gasteiger charge is -2.44. The molecule has 0 aromatic heterocycles. The zero-order valence-corrected chi connectivity index (χ0v) is 15.8. The number of Topliss-reactive ketones (excluding diaryl/α,β-unsaturated/α-hetero) is 1. The largest absolute Gasteiger partial charge is 0.383 e. The van der Waals surface area contributed by atoms with E-state index in [9.17, 15) is 14.9 Å². The number of hydrogen-bond donors (Lipinski definition) is 2. The molecule has 1 spiro atoms. The Morgan fingerprint density at radius 3 is 2.48 bits per heavy atom. The Labute approximate surface area is 162 Å². The minimum atomic E-state index is -0.715. The third-order valence-electron chi connectivity index (χ3n) is 5.37. The standard InChI is InChI=1S/C20H22N4O2S/c21-11-14-17(22)24-19(27-12-15(25)13-7-3-1-4-8-13)16(18(23)26)20(14)9-5-2-6-10-20/h1,3-4,7-8,16H,2,5-6,9-10,12,22H2,(H2,23,26)/t16-/m0/s1. The Bertz CT molecular complexity index is 848. The van der Waals surface area contributed by atoms with Crippen LogP contribution in [0.2, 0.25) is 0 Å². The molecule has 1 aliphatic heterocycles. The number of amides is 1. The molecule has 0 bridgehead atoms. The first-order valence-electron chi connectivity index (χ1n) is 8.99. The Balaban J connectivity index is 1.91. The zero-order chi connectivity index (χ0) is 19.4. The molecule has 2 aliphatic rings. The maximum Gasteiger partial charge on any atom is 0.228 e. The highest BCUT2D eigenvalue weighted by Crippen LogP contribution is 2.52. The van der Waals surface area contributed by atoms with Crippen LogP contribution >= 0.6 is 11.8 Å². The number of aliphatic imine (C=N–C) groups is 1. The second-order valence-corrected chi connectivity index (χ2v) is 7.95. The van der Waals surface area contributed by atoms with Crippen LogP contribution in [0.1, 0.15) is 42.5 Å². The number of benzene rings is 1. The van der Waals surface area contributed by atoms with Crippen LogP contribution < -0.4 is 11.5 Å². The van der Waals surface area contributed by atoms with Gasteiger partial charge in [0.2, 0.25) is 5.91 Å². The lowest BCUT2D eigenvalue weighted by Crippen LogP contribution is -2.48. The van der Waals surface area contributed by atoms with Gasteiger partial charge in [0.15, 0.2) is 5.78 Å². The summed E-state index contributed by atoms with van der Waals surface area (Å²) in [6.45, 7) is 0. The fourth-order valence-electron chi connectivity index (χ4n) is 4.12.